The molecule has 1 nitrogen and oxygen atoms in total. The summed E-state index contributed by atoms with van der Waals surface area (Å²) in [6.07, 6.45) is 5.93. The Kier molecular flexibility index (Phi) is 7.39. The second kappa shape index (κ2) is 7.41. The molecule has 0 aromatic heterocycles. The third-order valence-electron chi connectivity index (χ3n) is 5.05. The monoisotopic (exact) mass is 242 g/mol. The first kappa shape index (κ1) is 17.0. The SMILES string of the molecule is CCC(C)(CC)CCOC(CC)(CC)C(C)C. The smallest absolute Gasteiger partial charge is 0.0700 e. The van der Waals surface area contributed by atoms with E-state index in [0.717, 1.165) is 19.4 Å². The summed E-state index contributed by atoms with van der Waals surface area (Å²) in [5.74, 6) is 0.604. The molecule has 0 radical (unpaired) electrons. The van der Waals surface area contributed by atoms with Gasteiger partial charge in [0.2, 0.25) is 0 Å². The van der Waals surface area contributed by atoms with Crippen LogP contribution in [-0.4, -0.2) is 12.2 Å². The number of rotatable bonds is 9. The van der Waals surface area contributed by atoms with Crippen LogP contribution >= 0.6 is 0 Å². The highest BCUT2D eigenvalue weighted by molar-refractivity contribution is 4.82. The van der Waals surface area contributed by atoms with Crippen LogP contribution in [0.1, 0.15) is 80.6 Å². The van der Waals surface area contributed by atoms with E-state index in [2.05, 4.69) is 48.5 Å². The summed E-state index contributed by atoms with van der Waals surface area (Å²) in [6.45, 7) is 16.9. The van der Waals surface area contributed by atoms with Crippen molar-refractivity contribution in [3.05, 3.63) is 0 Å². The third kappa shape index (κ3) is 4.62. The standard InChI is InChI=1S/C16H34O/c1-8-15(7,9-2)12-13-17-16(10-3,11-4)14(5)6/h14H,8-13H2,1-7H3. The molecule has 0 saturated heterocycles. The second-order valence-electron chi connectivity index (χ2n) is 6.04. The summed E-state index contributed by atoms with van der Waals surface area (Å²) in [5, 5.41) is 0. The van der Waals surface area contributed by atoms with Crippen LogP contribution in [0, 0.1) is 11.3 Å². The Bertz CT molecular complexity index is 188. The van der Waals surface area contributed by atoms with Gasteiger partial charge in [-0.25, -0.2) is 0 Å². The summed E-state index contributed by atoms with van der Waals surface area (Å²) in [6, 6.07) is 0. The lowest BCUT2D eigenvalue weighted by Crippen LogP contribution is -2.38. The predicted molar refractivity (Wildman–Crippen MR) is 77.4 cm³/mol. The molecule has 104 valence electrons. The first-order valence-electron chi connectivity index (χ1n) is 7.53. The topological polar surface area (TPSA) is 9.23 Å². The van der Waals surface area contributed by atoms with E-state index in [-0.39, 0.29) is 5.60 Å². The van der Waals surface area contributed by atoms with E-state index < -0.39 is 0 Å². The van der Waals surface area contributed by atoms with Crippen LogP contribution < -0.4 is 0 Å². The summed E-state index contributed by atoms with van der Waals surface area (Å²) in [4.78, 5) is 0. The maximum absolute atomic E-state index is 6.29. The molecule has 0 aliphatic carbocycles. The van der Waals surface area contributed by atoms with Crippen LogP contribution in [0.2, 0.25) is 0 Å². The fourth-order valence-corrected chi connectivity index (χ4v) is 2.54. The minimum absolute atomic E-state index is 0.0996. The van der Waals surface area contributed by atoms with Gasteiger partial charge in [0.05, 0.1) is 5.60 Å². The van der Waals surface area contributed by atoms with Gasteiger partial charge >= 0.3 is 0 Å². The van der Waals surface area contributed by atoms with Gasteiger partial charge in [0.15, 0.2) is 0 Å². The van der Waals surface area contributed by atoms with Crippen molar-refractivity contribution in [1.29, 1.82) is 0 Å². The lowest BCUT2D eigenvalue weighted by molar-refractivity contribution is -0.0919. The highest BCUT2D eigenvalue weighted by Gasteiger charge is 2.31. The van der Waals surface area contributed by atoms with Crippen molar-refractivity contribution in [2.45, 2.75) is 86.2 Å². The molecular weight excluding hydrogens is 208 g/mol. The second-order valence-corrected chi connectivity index (χ2v) is 6.04. The molecule has 0 aromatic rings. The fraction of sp³-hybridized carbons (Fsp3) is 1.00. The average molecular weight is 242 g/mol. The van der Waals surface area contributed by atoms with Crippen molar-refractivity contribution in [2.24, 2.45) is 11.3 Å². The molecule has 1 heteroatoms. The number of ether oxygens (including phenoxy) is 1. The van der Waals surface area contributed by atoms with Gasteiger partial charge in [-0.15, -0.1) is 0 Å². The molecule has 0 unspecified atom stereocenters. The predicted octanol–water partition coefficient (Wildman–Crippen LogP) is 5.43. The van der Waals surface area contributed by atoms with Gasteiger partial charge in [-0.2, -0.15) is 0 Å². The summed E-state index contributed by atoms with van der Waals surface area (Å²) >= 11 is 0. The van der Waals surface area contributed by atoms with Gasteiger partial charge in [-0.05, 0) is 30.6 Å². The Balaban J connectivity index is 4.33. The first-order valence-corrected chi connectivity index (χ1v) is 7.53. The van der Waals surface area contributed by atoms with Gasteiger partial charge in [-0.3, -0.25) is 0 Å². The van der Waals surface area contributed by atoms with Gasteiger partial charge < -0.3 is 4.74 Å². The number of hydrogen-bond donors (Lipinski definition) is 0. The van der Waals surface area contributed by atoms with Crippen LogP contribution in [-0.2, 0) is 4.74 Å². The molecule has 0 rings (SSSR count). The molecule has 0 fully saturated rings. The van der Waals surface area contributed by atoms with Crippen LogP contribution in [0.15, 0.2) is 0 Å². The normalized spacial score (nSPS) is 13.4. The van der Waals surface area contributed by atoms with E-state index in [1.807, 2.05) is 0 Å². The van der Waals surface area contributed by atoms with Crippen molar-refractivity contribution >= 4 is 0 Å². The minimum Gasteiger partial charge on any atom is -0.375 e. The molecule has 0 spiro atoms. The molecule has 0 saturated carbocycles. The quantitative estimate of drug-likeness (QED) is 0.523. The van der Waals surface area contributed by atoms with Gasteiger partial charge in [-0.1, -0.05) is 61.3 Å². The maximum atomic E-state index is 6.29. The molecular formula is C16H34O. The largest absolute Gasteiger partial charge is 0.375 e. The van der Waals surface area contributed by atoms with E-state index in [1.54, 1.807) is 0 Å². The Morgan fingerprint density at radius 1 is 0.882 bits per heavy atom. The molecule has 17 heavy (non-hydrogen) atoms. The van der Waals surface area contributed by atoms with Crippen molar-refractivity contribution in [2.75, 3.05) is 6.61 Å². The van der Waals surface area contributed by atoms with Crippen LogP contribution in [0.25, 0.3) is 0 Å². The van der Waals surface area contributed by atoms with E-state index in [9.17, 15) is 0 Å². The number of hydrogen-bond acceptors (Lipinski definition) is 1. The van der Waals surface area contributed by atoms with Crippen molar-refractivity contribution in [3.8, 4) is 0 Å². The van der Waals surface area contributed by atoms with Crippen molar-refractivity contribution < 1.29 is 4.74 Å². The van der Waals surface area contributed by atoms with Crippen molar-refractivity contribution in [3.63, 3.8) is 0 Å². The third-order valence-corrected chi connectivity index (χ3v) is 5.05. The Morgan fingerprint density at radius 3 is 1.65 bits per heavy atom. The molecule has 0 N–H and O–H groups in total. The Hall–Kier alpha value is -0.0400. The zero-order valence-electron chi connectivity index (χ0n) is 13.2. The minimum atomic E-state index is 0.0996. The van der Waals surface area contributed by atoms with Crippen LogP contribution in [0.3, 0.4) is 0 Å². The Morgan fingerprint density at radius 2 is 1.35 bits per heavy atom. The highest BCUT2D eigenvalue weighted by atomic mass is 16.5. The highest BCUT2D eigenvalue weighted by Crippen LogP contribution is 2.33. The van der Waals surface area contributed by atoms with Crippen LogP contribution in [0.4, 0.5) is 0 Å². The average Bonchev–Trinajstić information content (AvgIpc) is 2.34. The molecule has 0 aliphatic rings. The summed E-state index contributed by atoms with van der Waals surface area (Å²) in [5.41, 5.74) is 0.562. The zero-order valence-corrected chi connectivity index (χ0v) is 13.2. The maximum Gasteiger partial charge on any atom is 0.0700 e. The van der Waals surface area contributed by atoms with Crippen molar-refractivity contribution in [1.82, 2.24) is 0 Å². The summed E-state index contributed by atoms with van der Waals surface area (Å²) in [7, 11) is 0. The fourth-order valence-electron chi connectivity index (χ4n) is 2.54. The zero-order chi connectivity index (χ0) is 13.5. The van der Waals surface area contributed by atoms with E-state index in [4.69, 9.17) is 4.74 Å². The van der Waals surface area contributed by atoms with E-state index in [0.29, 0.717) is 11.3 Å². The molecule has 0 aliphatic heterocycles. The van der Waals surface area contributed by atoms with Gasteiger partial charge in [0.25, 0.3) is 0 Å². The van der Waals surface area contributed by atoms with Gasteiger partial charge in [0, 0.05) is 6.61 Å². The Labute approximate surface area is 109 Å². The summed E-state index contributed by atoms with van der Waals surface area (Å²) < 4.78 is 6.29. The van der Waals surface area contributed by atoms with E-state index in [1.165, 1.54) is 19.3 Å². The molecule has 0 atom stereocenters. The van der Waals surface area contributed by atoms with Crippen LogP contribution in [0.5, 0.6) is 0 Å². The van der Waals surface area contributed by atoms with Gasteiger partial charge in [0.1, 0.15) is 0 Å². The molecule has 0 aromatic carbocycles. The lowest BCUT2D eigenvalue weighted by Gasteiger charge is -2.37. The molecule has 0 amide bonds. The lowest BCUT2D eigenvalue weighted by atomic mass is 9.81. The molecule has 0 heterocycles. The first-order chi connectivity index (χ1) is 7.89. The van der Waals surface area contributed by atoms with E-state index >= 15 is 0 Å². The molecule has 0 bridgehead atoms.